The molecule has 2 N–H and O–H groups in total. The molecule has 0 spiro atoms. The van der Waals surface area contributed by atoms with Crippen molar-refractivity contribution >= 4 is 23.4 Å². The van der Waals surface area contributed by atoms with E-state index in [9.17, 15) is 14.4 Å². The molecule has 2 heterocycles. The number of fused-ring (bicyclic) bond motifs is 1. The molecule has 1 saturated heterocycles. The van der Waals surface area contributed by atoms with Gasteiger partial charge in [0.25, 0.3) is 0 Å². The number of amides is 3. The van der Waals surface area contributed by atoms with Crippen molar-refractivity contribution in [3.05, 3.63) is 65.2 Å². The predicted molar refractivity (Wildman–Crippen MR) is 127 cm³/mol. The number of benzene rings is 2. The van der Waals surface area contributed by atoms with Crippen LogP contribution in [-0.4, -0.2) is 48.3 Å². The fourth-order valence-electron chi connectivity index (χ4n) is 4.48. The summed E-state index contributed by atoms with van der Waals surface area (Å²) in [5.74, 6) is 0.166. The fourth-order valence-corrected chi connectivity index (χ4v) is 4.48. The van der Waals surface area contributed by atoms with E-state index in [1.54, 1.807) is 4.90 Å². The van der Waals surface area contributed by atoms with Crippen molar-refractivity contribution in [3.63, 3.8) is 0 Å². The largest absolute Gasteiger partial charge is 0.360 e. The Kier molecular flexibility index (Phi) is 6.96. The van der Waals surface area contributed by atoms with Crippen molar-refractivity contribution < 1.29 is 14.4 Å². The number of nitrogens with one attached hydrogen (secondary N) is 2. The standard InChI is InChI=1S/C26H32N4O3/c1-18(2)13-25(32)30-16-21-6-4-3-5-20(21)14-23(30)26(33)28-15-19-7-9-22(10-8-19)29-12-11-27-24(31)17-29/h3-10,18,23H,11-17H2,1-2H3,(H,27,31)(H,28,33). The summed E-state index contributed by atoms with van der Waals surface area (Å²) in [6, 6.07) is 15.4. The van der Waals surface area contributed by atoms with Crippen LogP contribution in [-0.2, 0) is 33.9 Å². The molecule has 0 saturated carbocycles. The molecule has 174 valence electrons. The van der Waals surface area contributed by atoms with E-state index in [0.717, 1.165) is 28.9 Å². The van der Waals surface area contributed by atoms with Crippen molar-refractivity contribution in [2.45, 2.75) is 45.8 Å². The highest BCUT2D eigenvalue weighted by atomic mass is 16.2. The van der Waals surface area contributed by atoms with Gasteiger partial charge < -0.3 is 20.4 Å². The highest BCUT2D eigenvalue weighted by Crippen LogP contribution is 2.25. The van der Waals surface area contributed by atoms with Crippen molar-refractivity contribution in [2.75, 3.05) is 24.5 Å². The van der Waals surface area contributed by atoms with E-state index in [1.807, 2.05) is 67.3 Å². The zero-order valence-electron chi connectivity index (χ0n) is 19.3. The molecule has 0 radical (unpaired) electrons. The Hall–Kier alpha value is -3.35. The third kappa shape index (κ3) is 5.53. The van der Waals surface area contributed by atoms with Crippen LogP contribution in [0.1, 0.15) is 37.0 Å². The molecule has 0 bridgehead atoms. The van der Waals surface area contributed by atoms with Gasteiger partial charge >= 0.3 is 0 Å². The van der Waals surface area contributed by atoms with Gasteiger partial charge in [-0.05, 0) is 34.7 Å². The minimum atomic E-state index is -0.503. The van der Waals surface area contributed by atoms with Crippen molar-refractivity contribution in [3.8, 4) is 0 Å². The maximum atomic E-state index is 13.2. The molecule has 7 heteroatoms. The number of rotatable bonds is 6. The van der Waals surface area contributed by atoms with E-state index in [0.29, 0.717) is 39.0 Å². The van der Waals surface area contributed by atoms with Crippen molar-refractivity contribution in [2.24, 2.45) is 5.92 Å². The molecule has 33 heavy (non-hydrogen) atoms. The first-order chi connectivity index (χ1) is 15.9. The minimum absolute atomic E-state index is 0.0228. The molecule has 0 aliphatic carbocycles. The Morgan fingerprint density at radius 1 is 1.06 bits per heavy atom. The molecule has 1 unspecified atom stereocenters. The van der Waals surface area contributed by atoms with Crippen LogP contribution in [0.5, 0.6) is 0 Å². The number of hydrogen-bond acceptors (Lipinski definition) is 4. The second-order valence-corrected chi connectivity index (χ2v) is 9.26. The zero-order valence-corrected chi connectivity index (χ0v) is 19.3. The molecule has 3 amide bonds. The van der Waals surface area contributed by atoms with Crippen LogP contribution in [0.2, 0.25) is 0 Å². The van der Waals surface area contributed by atoms with Gasteiger partial charge in [0.15, 0.2) is 0 Å². The molecule has 1 fully saturated rings. The van der Waals surface area contributed by atoms with Gasteiger partial charge in [-0.1, -0.05) is 50.2 Å². The lowest BCUT2D eigenvalue weighted by Crippen LogP contribution is -2.52. The summed E-state index contributed by atoms with van der Waals surface area (Å²) >= 11 is 0. The quantitative estimate of drug-likeness (QED) is 0.710. The van der Waals surface area contributed by atoms with Gasteiger partial charge in [0.1, 0.15) is 6.04 Å². The lowest BCUT2D eigenvalue weighted by atomic mass is 9.92. The van der Waals surface area contributed by atoms with E-state index in [1.165, 1.54) is 0 Å². The number of carbonyl (C=O) groups excluding carboxylic acids is 3. The second kappa shape index (κ2) is 10.1. The number of nitrogens with zero attached hydrogens (tertiary/aromatic N) is 2. The van der Waals surface area contributed by atoms with Gasteiger partial charge in [-0.15, -0.1) is 0 Å². The van der Waals surface area contributed by atoms with Crippen LogP contribution >= 0.6 is 0 Å². The highest BCUT2D eigenvalue weighted by Gasteiger charge is 2.34. The van der Waals surface area contributed by atoms with Crippen LogP contribution in [0.3, 0.4) is 0 Å². The molecule has 2 aromatic rings. The fraction of sp³-hybridized carbons (Fsp3) is 0.423. The first kappa shape index (κ1) is 22.8. The number of piperazine rings is 1. The summed E-state index contributed by atoms with van der Waals surface area (Å²) in [7, 11) is 0. The summed E-state index contributed by atoms with van der Waals surface area (Å²) in [4.78, 5) is 41.5. The molecule has 2 aromatic carbocycles. The van der Waals surface area contributed by atoms with Crippen molar-refractivity contribution in [1.82, 2.24) is 15.5 Å². The van der Waals surface area contributed by atoms with E-state index in [-0.39, 0.29) is 23.6 Å². The summed E-state index contributed by atoms with van der Waals surface area (Å²) < 4.78 is 0. The SMILES string of the molecule is CC(C)CC(=O)N1Cc2ccccc2CC1C(=O)NCc1ccc(N2CCNC(=O)C2)cc1. The third-order valence-electron chi connectivity index (χ3n) is 6.26. The summed E-state index contributed by atoms with van der Waals surface area (Å²) in [5, 5.41) is 5.86. The van der Waals surface area contributed by atoms with Crippen LogP contribution < -0.4 is 15.5 Å². The number of carbonyl (C=O) groups is 3. The summed E-state index contributed by atoms with van der Waals surface area (Å²) in [6.07, 6.45) is 0.962. The first-order valence-corrected chi connectivity index (χ1v) is 11.6. The van der Waals surface area contributed by atoms with E-state index in [2.05, 4.69) is 10.6 Å². The molecule has 7 nitrogen and oxygen atoms in total. The lowest BCUT2D eigenvalue weighted by molar-refractivity contribution is -0.142. The monoisotopic (exact) mass is 448 g/mol. The smallest absolute Gasteiger partial charge is 0.243 e. The Morgan fingerprint density at radius 3 is 2.48 bits per heavy atom. The second-order valence-electron chi connectivity index (χ2n) is 9.26. The highest BCUT2D eigenvalue weighted by molar-refractivity contribution is 5.88. The lowest BCUT2D eigenvalue weighted by Gasteiger charge is -2.36. The first-order valence-electron chi connectivity index (χ1n) is 11.6. The van der Waals surface area contributed by atoms with Gasteiger partial charge in [-0.2, -0.15) is 0 Å². The third-order valence-corrected chi connectivity index (χ3v) is 6.26. The summed E-state index contributed by atoms with van der Waals surface area (Å²) in [5.41, 5.74) is 4.21. The van der Waals surface area contributed by atoms with Crippen LogP contribution in [0.25, 0.3) is 0 Å². The Morgan fingerprint density at radius 2 is 1.79 bits per heavy atom. The average molecular weight is 449 g/mol. The van der Waals surface area contributed by atoms with Crippen LogP contribution in [0.15, 0.2) is 48.5 Å². The van der Waals surface area contributed by atoms with E-state index in [4.69, 9.17) is 0 Å². The van der Waals surface area contributed by atoms with Gasteiger partial charge in [0.05, 0.1) is 6.54 Å². The normalized spacial score (nSPS) is 18.0. The maximum absolute atomic E-state index is 13.2. The van der Waals surface area contributed by atoms with Crippen LogP contribution in [0, 0.1) is 5.92 Å². The predicted octanol–water partition coefficient (Wildman–Crippen LogP) is 2.24. The molecule has 4 rings (SSSR count). The van der Waals surface area contributed by atoms with E-state index < -0.39 is 6.04 Å². The van der Waals surface area contributed by atoms with Gasteiger partial charge in [-0.3, -0.25) is 14.4 Å². The van der Waals surface area contributed by atoms with Crippen molar-refractivity contribution in [1.29, 1.82) is 0 Å². The summed E-state index contributed by atoms with van der Waals surface area (Å²) in [6.45, 7) is 6.69. The van der Waals surface area contributed by atoms with Gasteiger partial charge in [-0.25, -0.2) is 0 Å². The number of anilines is 1. The molecule has 2 aliphatic heterocycles. The van der Waals surface area contributed by atoms with Crippen LogP contribution in [0.4, 0.5) is 5.69 Å². The Balaban J connectivity index is 1.41. The van der Waals surface area contributed by atoms with E-state index >= 15 is 0 Å². The molecule has 0 aromatic heterocycles. The molecule has 2 aliphatic rings. The molecule has 1 atom stereocenters. The zero-order chi connectivity index (χ0) is 23.4. The maximum Gasteiger partial charge on any atom is 0.243 e. The topological polar surface area (TPSA) is 81.8 Å². The number of hydrogen-bond donors (Lipinski definition) is 2. The molecular formula is C26H32N4O3. The average Bonchev–Trinajstić information content (AvgIpc) is 2.81. The molecular weight excluding hydrogens is 416 g/mol. The van der Waals surface area contributed by atoms with Gasteiger partial charge in [0.2, 0.25) is 17.7 Å². The van der Waals surface area contributed by atoms with Gasteiger partial charge in [0, 0.05) is 44.7 Å². The Bertz CT molecular complexity index is 1020. The minimum Gasteiger partial charge on any atom is -0.360 e. The Labute approximate surface area is 195 Å².